The molecule has 1 N–H and O–H groups in total. The molecule has 0 aliphatic rings. The summed E-state index contributed by atoms with van der Waals surface area (Å²) in [6.07, 6.45) is 0. The second kappa shape index (κ2) is 6.58. The van der Waals surface area contributed by atoms with Crippen molar-refractivity contribution in [3.63, 3.8) is 0 Å². The largest absolute Gasteiger partial charge is 0.495 e. The summed E-state index contributed by atoms with van der Waals surface area (Å²) in [5.41, 5.74) is 1.73. The standard InChI is InChI=1S/C15H12Br2FNO2/c1-8-5-11(17)14(21-2)7-13(8)19-15(20)9-3-4-10(16)12(18)6-9/h3-7H,1-2H3,(H,19,20). The lowest BCUT2D eigenvalue weighted by molar-refractivity contribution is 0.102. The van der Waals surface area contributed by atoms with E-state index >= 15 is 0 Å². The number of halogens is 3. The van der Waals surface area contributed by atoms with E-state index < -0.39 is 5.82 Å². The molecular weight excluding hydrogens is 405 g/mol. The quantitative estimate of drug-likeness (QED) is 0.771. The number of aryl methyl sites for hydroxylation is 1. The molecule has 3 nitrogen and oxygen atoms in total. The number of carbonyl (C=O) groups is 1. The highest BCUT2D eigenvalue weighted by molar-refractivity contribution is 9.10. The van der Waals surface area contributed by atoms with Gasteiger partial charge in [-0.25, -0.2) is 4.39 Å². The molecule has 1 amide bonds. The normalized spacial score (nSPS) is 10.3. The fourth-order valence-corrected chi connectivity index (χ4v) is 2.64. The molecule has 0 saturated carbocycles. The molecule has 0 aliphatic carbocycles. The van der Waals surface area contributed by atoms with E-state index in [2.05, 4.69) is 37.2 Å². The van der Waals surface area contributed by atoms with Gasteiger partial charge in [-0.3, -0.25) is 4.79 Å². The predicted octanol–water partition coefficient (Wildman–Crippen LogP) is 4.92. The zero-order valence-corrected chi connectivity index (χ0v) is 14.5. The average Bonchev–Trinajstić information content (AvgIpc) is 2.44. The molecule has 0 radical (unpaired) electrons. The maximum Gasteiger partial charge on any atom is 0.255 e. The summed E-state index contributed by atoms with van der Waals surface area (Å²) in [5.74, 6) is -0.250. The summed E-state index contributed by atoms with van der Waals surface area (Å²) < 4.78 is 19.8. The highest BCUT2D eigenvalue weighted by Gasteiger charge is 2.12. The summed E-state index contributed by atoms with van der Waals surface area (Å²) in [6.45, 7) is 1.86. The first-order valence-electron chi connectivity index (χ1n) is 6.03. The van der Waals surface area contributed by atoms with Crippen molar-refractivity contribution < 1.29 is 13.9 Å². The lowest BCUT2D eigenvalue weighted by Crippen LogP contribution is -2.13. The van der Waals surface area contributed by atoms with Gasteiger partial charge in [0.25, 0.3) is 5.91 Å². The SMILES string of the molecule is COc1cc(NC(=O)c2ccc(Br)c(F)c2)c(C)cc1Br. The number of carbonyl (C=O) groups excluding carboxylic acids is 1. The van der Waals surface area contributed by atoms with Crippen molar-refractivity contribution >= 4 is 43.5 Å². The first-order chi connectivity index (χ1) is 9.92. The minimum Gasteiger partial charge on any atom is -0.495 e. The molecule has 110 valence electrons. The van der Waals surface area contributed by atoms with E-state index in [9.17, 15) is 9.18 Å². The number of nitrogens with one attached hydrogen (secondary N) is 1. The van der Waals surface area contributed by atoms with Gasteiger partial charge in [-0.15, -0.1) is 0 Å². The Morgan fingerprint density at radius 3 is 2.52 bits per heavy atom. The molecule has 0 aromatic heterocycles. The molecule has 0 spiro atoms. The Labute approximate surface area is 138 Å². The smallest absolute Gasteiger partial charge is 0.255 e. The van der Waals surface area contributed by atoms with Gasteiger partial charge in [0.2, 0.25) is 0 Å². The van der Waals surface area contributed by atoms with Crippen LogP contribution in [0.5, 0.6) is 5.75 Å². The molecule has 21 heavy (non-hydrogen) atoms. The number of rotatable bonds is 3. The topological polar surface area (TPSA) is 38.3 Å². The van der Waals surface area contributed by atoms with E-state index in [0.29, 0.717) is 15.9 Å². The van der Waals surface area contributed by atoms with E-state index in [0.717, 1.165) is 10.0 Å². The lowest BCUT2D eigenvalue weighted by atomic mass is 10.1. The van der Waals surface area contributed by atoms with Crippen molar-refractivity contribution in [3.8, 4) is 5.75 Å². The summed E-state index contributed by atoms with van der Waals surface area (Å²) in [7, 11) is 1.55. The fourth-order valence-electron chi connectivity index (χ4n) is 1.78. The van der Waals surface area contributed by atoms with Crippen LogP contribution in [0.25, 0.3) is 0 Å². The zero-order chi connectivity index (χ0) is 15.6. The molecule has 0 atom stereocenters. The molecular formula is C15H12Br2FNO2. The number of benzene rings is 2. The van der Waals surface area contributed by atoms with Gasteiger partial charge in [-0.2, -0.15) is 0 Å². The van der Waals surface area contributed by atoms with Crippen LogP contribution in [-0.2, 0) is 0 Å². The van der Waals surface area contributed by atoms with Gasteiger partial charge in [-0.1, -0.05) is 0 Å². The molecule has 2 aromatic carbocycles. The first kappa shape index (κ1) is 16.0. The number of methoxy groups -OCH3 is 1. The number of anilines is 1. The van der Waals surface area contributed by atoms with Gasteiger partial charge in [0, 0.05) is 17.3 Å². The molecule has 6 heteroatoms. The van der Waals surface area contributed by atoms with E-state index in [-0.39, 0.29) is 11.5 Å². The molecule has 0 heterocycles. The zero-order valence-electron chi connectivity index (χ0n) is 11.3. The molecule has 0 bridgehead atoms. The Kier molecular flexibility index (Phi) is 5.00. The highest BCUT2D eigenvalue weighted by atomic mass is 79.9. The van der Waals surface area contributed by atoms with Gasteiger partial charge < -0.3 is 10.1 Å². The van der Waals surface area contributed by atoms with E-state index in [1.807, 2.05) is 13.0 Å². The van der Waals surface area contributed by atoms with Crippen molar-refractivity contribution in [1.29, 1.82) is 0 Å². The first-order valence-corrected chi connectivity index (χ1v) is 7.61. The fraction of sp³-hybridized carbons (Fsp3) is 0.133. The number of ether oxygens (including phenoxy) is 1. The summed E-state index contributed by atoms with van der Waals surface area (Å²) in [4.78, 5) is 12.2. The number of amides is 1. The molecule has 0 saturated heterocycles. The van der Waals surface area contributed by atoms with Crippen LogP contribution in [-0.4, -0.2) is 13.0 Å². The van der Waals surface area contributed by atoms with E-state index in [1.165, 1.54) is 12.1 Å². The van der Waals surface area contributed by atoms with Gasteiger partial charge in [-0.05, 0) is 68.6 Å². The summed E-state index contributed by atoms with van der Waals surface area (Å²) in [5, 5.41) is 2.75. The van der Waals surface area contributed by atoms with Crippen molar-refractivity contribution in [3.05, 3.63) is 56.2 Å². The number of hydrogen-bond acceptors (Lipinski definition) is 2. The lowest BCUT2D eigenvalue weighted by Gasteiger charge is -2.12. The predicted molar refractivity (Wildman–Crippen MR) is 87.5 cm³/mol. The molecule has 0 unspecified atom stereocenters. The van der Waals surface area contributed by atoms with Crippen LogP contribution in [0.2, 0.25) is 0 Å². The van der Waals surface area contributed by atoms with Crippen LogP contribution in [0.3, 0.4) is 0 Å². The Bertz CT molecular complexity index is 704. The number of hydrogen-bond donors (Lipinski definition) is 1. The average molecular weight is 417 g/mol. The maximum atomic E-state index is 13.5. The maximum absolute atomic E-state index is 13.5. The third kappa shape index (κ3) is 3.63. The van der Waals surface area contributed by atoms with E-state index in [1.54, 1.807) is 19.2 Å². The second-order valence-electron chi connectivity index (χ2n) is 4.38. The van der Waals surface area contributed by atoms with Gasteiger partial charge in [0.15, 0.2) is 0 Å². The molecule has 2 rings (SSSR count). The van der Waals surface area contributed by atoms with Crippen LogP contribution >= 0.6 is 31.9 Å². The Morgan fingerprint density at radius 1 is 1.19 bits per heavy atom. The third-order valence-corrected chi connectivity index (χ3v) is 4.19. The molecule has 0 fully saturated rings. The summed E-state index contributed by atoms with van der Waals surface area (Å²) >= 11 is 6.43. The highest BCUT2D eigenvalue weighted by Crippen LogP contribution is 2.31. The van der Waals surface area contributed by atoms with E-state index in [4.69, 9.17) is 4.74 Å². The second-order valence-corrected chi connectivity index (χ2v) is 6.09. The minimum absolute atomic E-state index is 0.247. The van der Waals surface area contributed by atoms with Crippen molar-refractivity contribution in [2.45, 2.75) is 6.92 Å². The molecule has 0 aliphatic heterocycles. The van der Waals surface area contributed by atoms with Crippen molar-refractivity contribution in [2.24, 2.45) is 0 Å². The van der Waals surface area contributed by atoms with Gasteiger partial charge in [0.1, 0.15) is 11.6 Å². The van der Waals surface area contributed by atoms with Crippen molar-refractivity contribution in [2.75, 3.05) is 12.4 Å². The van der Waals surface area contributed by atoms with Crippen LogP contribution in [0.4, 0.5) is 10.1 Å². The van der Waals surface area contributed by atoms with Crippen LogP contribution < -0.4 is 10.1 Å². The summed E-state index contributed by atoms with van der Waals surface area (Å²) in [6, 6.07) is 7.79. The Hall–Kier alpha value is -1.40. The van der Waals surface area contributed by atoms with Crippen LogP contribution in [0, 0.1) is 12.7 Å². The van der Waals surface area contributed by atoms with Gasteiger partial charge in [0.05, 0.1) is 16.1 Å². The Balaban J connectivity index is 2.29. The van der Waals surface area contributed by atoms with Crippen LogP contribution in [0.15, 0.2) is 39.3 Å². The minimum atomic E-state index is -0.479. The Morgan fingerprint density at radius 2 is 1.90 bits per heavy atom. The third-order valence-electron chi connectivity index (χ3n) is 2.93. The van der Waals surface area contributed by atoms with Gasteiger partial charge >= 0.3 is 0 Å². The van der Waals surface area contributed by atoms with Crippen molar-refractivity contribution in [1.82, 2.24) is 0 Å². The molecule has 2 aromatic rings. The van der Waals surface area contributed by atoms with Crippen LogP contribution in [0.1, 0.15) is 15.9 Å². The monoisotopic (exact) mass is 415 g/mol.